The SMILES string of the molecule is Cc1c(C(=O)N[C@@H]2CCC[C@H](C)[C@@H]2C)oc2ccc(S(=O)(=O)N3CCCCCC3)cc12. The van der Waals surface area contributed by atoms with Crippen LogP contribution in [0.2, 0.25) is 0 Å². The maximum absolute atomic E-state index is 13.2. The summed E-state index contributed by atoms with van der Waals surface area (Å²) >= 11 is 0. The maximum Gasteiger partial charge on any atom is 0.287 e. The van der Waals surface area contributed by atoms with Crippen LogP contribution < -0.4 is 5.32 Å². The molecule has 1 aliphatic heterocycles. The molecule has 0 unspecified atom stereocenters. The van der Waals surface area contributed by atoms with E-state index in [1.165, 1.54) is 6.42 Å². The highest BCUT2D eigenvalue weighted by atomic mass is 32.2. The Kier molecular flexibility index (Phi) is 6.44. The highest BCUT2D eigenvalue weighted by Gasteiger charge is 2.31. The van der Waals surface area contributed by atoms with Crippen LogP contribution in [0.4, 0.5) is 0 Å². The van der Waals surface area contributed by atoms with Crippen molar-refractivity contribution in [2.75, 3.05) is 13.1 Å². The number of hydrogen-bond acceptors (Lipinski definition) is 4. The Hall–Kier alpha value is -1.86. The molecule has 31 heavy (non-hydrogen) atoms. The van der Waals surface area contributed by atoms with E-state index in [1.54, 1.807) is 22.5 Å². The molecule has 1 aromatic carbocycles. The summed E-state index contributed by atoms with van der Waals surface area (Å²) in [6.07, 6.45) is 7.24. The smallest absolute Gasteiger partial charge is 0.287 e. The number of carbonyl (C=O) groups is 1. The zero-order valence-electron chi connectivity index (χ0n) is 18.8. The number of benzene rings is 1. The summed E-state index contributed by atoms with van der Waals surface area (Å²) in [5.41, 5.74) is 1.24. The van der Waals surface area contributed by atoms with E-state index >= 15 is 0 Å². The minimum atomic E-state index is -3.55. The van der Waals surface area contributed by atoms with Gasteiger partial charge in [0.2, 0.25) is 10.0 Å². The zero-order valence-corrected chi connectivity index (χ0v) is 19.6. The van der Waals surface area contributed by atoms with Crippen molar-refractivity contribution >= 4 is 26.9 Å². The summed E-state index contributed by atoms with van der Waals surface area (Å²) in [5, 5.41) is 3.85. The van der Waals surface area contributed by atoms with Gasteiger partial charge in [-0.25, -0.2) is 8.42 Å². The number of furan rings is 1. The standard InChI is InChI=1S/C24H34N2O4S/c1-16-9-8-10-21(17(16)2)25-24(27)23-18(3)20-15-19(11-12-22(20)30-23)31(28,29)26-13-6-4-5-7-14-26/h11-12,15-17,21H,4-10,13-14H2,1-3H3,(H,25,27)/t16-,17-,21+/m0/s1. The van der Waals surface area contributed by atoms with E-state index < -0.39 is 10.0 Å². The van der Waals surface area contributed by atoms with Crippen LogP contribution in [0.1, 0.15) is 74.9 Å². The molecular weight excluding hydrogens is 412 g/mol. The molecule has 2 heterocycles. The normalized spacial score (nSPS) is 26.0. The quantitative estimate of drug-likeness (QED) is 0.727. The molecule has 1 saturated carbocycles. The molecule has 2 aliphatic rings. The van der Waals surface area contributed by atoms with Crippen molar-refractivity contribution in [1.29, 1.82) is 0 Å². The number of carbonyl (C=O) groups excluding carboxylic acids is 1. The monoisotopic (exact) mass is 446 g/mol. The molecule has 1 amide bonds. The Morgan fingerprint density at radius 3 is 2.48 bits per heavy atom. The van der Waals surface area contributed by atoms with Gasteiger partial charge in [-0.15, -0.1) is 0 Å². The first kappa shape index (κ1) is 22.3. The van der Waals surface area contributed by atoms with Gasteiger partial charge in [0.05, 0.1) is 4.90 Å². The molecule has 2 aromatic rings. The molecule has 0 bridgehead atoms. The Balaban J connectivity index is 1.60. The third kappa shape index (κ3) is 4.40. The van der Waals surface area contributed by atoms with Crippen molar-refractivity contribution in [2.45, 2.75) is 76.7 Å². The Bertz CT molecular complexity index is 1050. The van der Waals surface area contributed by atoms with Crippen LogP contribution in [0.25, 0.3) is 11.0 Å². The van der Waals surface area contributed by atoms with Gasteiger partial charge in [0.25, 0.3) is 5.91 Å². The van der Waals surface area contributed by atoms with E-state index in [1.807, 2.05) is 6.92 Å². The lowest BCUT2D eigenvalue weighted by Gasteiger charge is -2.34. The van der Waals surface area contributed by atoms with Crippen molar-refractivity contribution in [3.05, 3.63) is 29.5 Å². The summed E-state index contributed by atoms with van der Waals surface area (Å²) in [6.45, 7) is 7.39. The topological polar surface area (TPSA) is 79.6 Å². The summed E-state index contributed by atoms with van der Waals surface area (Å²) in [5.74, 6) is 1.08. The lowest BCUT2D eigenvalue weighted by molar-refractivity contribution is 0.0864. The summed E-state index contributed by atoms with van der Waals surface area (Å²) in [6, 6.07) is 5.08. The predicted octanol–water partition coefficient (Wildman–Crippen LogP) is 4.86. The summed E-state index contributed by atoms with van der Waals surface area (Å²) in [4.78, 5) is 13.3. The fourth-order valence-electron chi connectivity index (χ4n) is 5.03. The molecule has 2 fully saturated rings. The number of nitrogens with zero attached hydrogens (tertiary/aromatic N) is 1. The highest BCUT2D eigenvalue weighted by molar-refractivity contribution is 7.89. The Morgan fingerprint density at radius 2 is 1.77 bits per heavy atom. The molecule has 0 spiro atoms. The second-order valence-corrected chi connectivity index (χ2v) is 11.3. The predicted molar refractivity (Wildman–Crippen MR) is 122 cm³/mol. The van der Waals surface area contributed by atoms with Crippen LogP contribution in [0, 0.1) is 18.8 Å². The lowest BCUT2D eigenvalue weighted by atomic mass is 9.78. The zero-order chi connectivity index (χ0) is 22.2. The second-order valence-electron chi connectivity index (χ2n) is 9.38. The van der Waals surface area contributed by atoms with Crippen molar-refractivity contribution in [1.82, 2.24) is 9.62 Å². The molecular formula is C24H34N2O4S. The van der Waals surface area contributed by atoms with E-state index in [2.05, 4.69) is 19.2 Å². The summed E-state index contributed by atoms with van der Waals surface area (Å²) in [7, 11) is -3.55. The molecule has 3 atom stereocenters. The number of nitrogens with one attached hydrogen (secondary N) is 1. The first-order valence-electron chi connectivity index (χ1n) is 11.6. The Labute approximate surface area is 185 Å². The van der Waals surface area contributed by atoms with E-state index in [4.69, 9.17) is 4.42 Å². The van der Waals surface area contributed by atoms with Crippen LogP contribution in [-0.4, -0.2) is 37.8 Å². The van der Waals surface area contributed by atoms with Crippen LogP contribution in [0.5, 0.6) is 0 Å². The van der Waals surface area contributed by atoms with Gasteiger partial charge in [0.15, 0.2) is 5.76 Å². The highest BCUT2D eigenvalue weighted by Crippen LogP contribution is 2.32. The fourth-order valence-corrected chi connectivity index (χ4v) is 6.57. The fraction of sp³-hybridized carbons (Fsp3) is 0.625. The van der Waals surface area contributed by atoms with Gasteiger partial charge in [-0.3, -0.25) is 4.79 Å². The van der Waals surface area contributed by atoms with Crippen LogP contribution in [0.3, 0.4) is 0 Å². The minimum Gasteiger partial charge on any atom is -0.451 e. The van der Waals surface area contributed by atoms with Gasteiger partial charge in [0.1, 0.15) is 5.58 Å². The number of amides is 1. The van der Waals surface area contributed by atoms with Crippen LogP contribution >= 0.6 is 0 Å². The van der Waals surface area contributed by atoms with Gasteiger partial charge >= 0.3 is 0 Å². The number of hydrogen-bond donors (Lipinski definition) is 1. The molecule has 7 heteroatoms. The van der Waals surface area contributed by atoms with E-state index in [0.717, 1.165) is 38.5 Å². The Morgan fingerprint density at radius 1 is 1.06 bits per heavy atom. The molecule has 4 rings (SSSR count). The molecule has 1 aliphatic carbocycles. The largest absolute Gasteiger partial charge is 0.451 e. The molecule has 6 nitrogen and oxygen atoms in total. The van der Waals surface area contributed by atoms with Gasteiger partial charge < -0.3 is 9.73 Å². The van der Waals surface area contributed by atoms with Crippen molar-refractivity contribution in [2.24, 2.45) is 11.8 Å². The lowest BCUT2D eigenvalue weighted by Crippen LogP contribution is -2.43. The third-order valence-electron chi connectivity index (χ3n) is 7.34. The van der Waals surface area contributed by atoms with E-state index in [0.29, 0.717) is 41.5 Å². The number of aryl methyl sites for hydroxylation is 1. The maximum atomic E-state index is 13.2. The number of fused-ring (bicyclic) bond motifs is 1. The van der Waals surface area contributed by atoms with Crippen molar-refractivity contribution < 1.29 is 17.6 Å². The van der Waals surface area contributed by atoms with Gasteiger partial charge in [-0.2, -0.15) is 4.31 Å². The molecule has 1 aromatic heterocycles. The summed E-state index contributed by atoms with van der Waals surface area (Å²) < 4.78 is 33.8. The molecule has 170 valence electrons. The number of rotatable bonds is 4. The van der Waals surface area contributed by atoms with Crippen LogP contribution in [-0.2, 0) is 10.0 Å². The first-order chi connectivity index (χ1) is 14.8. The minimum absolute atomic E-state index is 0.142. The van der Waals surface area contributed by atoms with Crippen molar-refractivity contribution in [3.63, 3.8) is 0 Å². The third-order valence-corrected chi connectivity index (χ3v) is 9.23. The van der Waals surface area contributed by atoms with Gasteiger partial charge in [-0.1, -0.05) is 39.5 Å². The van der Waals surface area contributed by atoms with Crippen LogP contribution in [0.15, 0.2) is 27.5 Å². The average Bonchev–Trinajstić information content (AvgIpc) is 2.92. The molecule has 1 N–H and O–H groups in total. The van der Waals surface area contributed by atoms with Gasteiger partial charge in [0, 0.05) is 30.1 Å². The van der Waals surface area contributed by atoms with E-state index in [-0.39, 0.29) is 22.6 Å². The second kappa shape index (κ2) is 8.94. The first-order valence-corrected chi connectivity index (χ1v) is 13.1. The van der Waals surface area contributed by atoms with Crippen molar-refractivity contribution in [3.8, 4) is 0 Å². The van der Waals surface area contributed by atoms with Gasteiger partial charge in [-0.05, 0) is 56.2 Å². The van der Waals surface area contributed by atoms with E-state index in [9.17, 15) is 13.2 Å². The number of sulfonamides is 1. The molecule has 0 radical (unpaired) electrons. The molecule has 1 saturated heterocycles. The average molecular weight is 447 g/mol.